The number of nitrogens with zero attached hydrogens (tertiary/aromatic N) is 1. The zero-order chi connectivity index (χ0) is 13.8. The summed E-state index contributed by atoms with van der Waals surface area (Å²) in [6.07, 6.45) is 0. The molecule has 1 aromatic carbocycles. The van der Waals surface area contributed by atoms with Crippen LogP contribution >= 0.6 is 27.3 Å². The summed E-state index contributed by atoms with van der Waals surface area (Å²) in [4.78, 5) is 14.9. The van der Waals surface area contributed by atoms with Crippen molar-refractivity contribution in [2.75, 3.05) is 12.3 Å². The molecule has 0 aliphatic carbocycles. The van der Waals surface area contributed by atoms with Gasteiger partial charge in [0.15, 0.2) is 0 Å². The smallest absolute Gasteiger partial charge is 0.264 e. The Bertz CT molecular complexity index is 582. The fraction of sp³-hybridized carbons (Fsp3) is 0.214. The van der Waals surface area contributed by atoms with E-state index in [1.54, 1.807) is 4.90 Å². The number of hydrogen-bond acceptors (Lipinski definition) is 3. The summed E-state index contributed by atoms with van der Waals surface area (Å²) in [7, 11) is 0. The van der Waals surface area contributed by atoms with Gasteiger partial charge in [-0.2, -0.15) is 0 Å². The number of rotatable bonds is 4. The van der Waals surface area contributed by atoms with Gasteiger partial charge in [-0.05, 0) is 46.6 Å². The van der Waals surface area contributed by atoms with E-state index in [0.717, 1.165) is 19.9 Å². The lowest BCUT2D eigenvalue weighted by atomic mass is 10.1. The minimum Gasteiger partial charge on any atom is -0.398 e. The molecule has 0 saturated carbocycles. The van der Waals surface area contributed by atoms with Crippen molar-refractivity contribution >= 4 is 38.9 Å². The summed E-state index contributed by atoms with van der Waals surface area (Å²) in [5.41, 5.74) is 7.63. The van der Waals surface area contributed by atoms with Crippen molar-refractivity contribution in [1.29, 1.82) is 0 Å². The van der Waals surface area contributed by atoms with Crippen LogP contribution in [0.25, 0.3) is 0 Å². The van der Waals surface area contributed by atoms with E-state index in [1.807, 2.05) is 43.3 Å². The van der Waals surface area contributed by atoms with E-state index in [-0.39, 0.29) is 5.91 Å². The minimum absolute atomic E-state index is 0.0430. The maximum atomic E-state index is 12.4. The van der Waals surface area contributed by atoms with Crippen molar-refractivity contribution in [2.24, 2.45) is 0 Å². The average molecular weight is 339 g/mol. The average Bonchev–Trinajstić information content (AvgIpc) is 2.84. The van der Waals surface area contributed by atoms with E-state index in [9.17, 15) is 4.79 Å². The highest BCUT2D eigenvalue weighted by atomic mass is 79.9. The Kier molecular flexibility index (Phi) is 4.61. The first-order valence-corrected chi connectivity index (χ1v) is 7.60. The molecule has 0 spiro atoms. The van der Waals surface area contributed by atoms with Gasteiger partial charge in [0, 0.05) is 18.8 Å². The molecule has 1 amide bonds. The SMILES string of the molecule is CCN(Cc1ccccc1N)C(=O)c1ccc(Br)s1. The number of para-hydroxylation sites is 1. The maximum absolute atomic E-state index is 12.4. The molecule has 2 rings (SSSR count). The first-order valence-electron chi connectivity index (χ1n) is 5.99. The Morgan fingerprint density at radius 1 is 1.32 bits per heavy atom. The number of amides is 1. The molecule has 2 aromatic rings. The highest BCUT2D eigenvalue weighted by Crippen LogP contribution is 2.24. The van der Waals surface area contributed by atoms with Crippen LogP contribution in [0.15, 0.2) is 40.2 Å². The van der Waals surface area contributed by atoms with E-state index in [1.165, 1.54) is 11.3 Å². The van der Waals surface area contributed by atoms with E-state index >= 15 is 0 Å². The lowest BCUT2D eigenvalue weighted by Gasteiger charge is -2.21. The number of halogens is 1. The minimum atomic E-state index is 0.0430. The normalized spacial score (nSPS) is 10.4. The van der Waals surface area contributed by atoms with Gasteiger partial charge in [-0.15, -0.1) is 11.3 Å². The predicted octanol–water partition coefficient (Wildman–Crippen LogP) is 3.76. The van der Waals surface area contributed by atoms with Crippen molar-refractivity contribution in [3.63, 3.8) is 0 Å². The predicted molar refractivity (Wildman–Crippen MR) is 83.3 cm³/mol. The number of hydrogen-bond donors (Lipinski definition) is 1. The van der Waals surface area contributed by atoms with E-state index in [2.05, 4.69) is 15.9 Å². The number of anilines is 1. The molecule has 0 aliphatic heterocycles. The summed E-state index contributed by atoms with van der Waals surface area (Å²) in [5, 5.41) is 0. The highest BCUT2D eigenvalue weighted by Gasteiger charge is 2.17. The first kappa shape index (κ1) is 14.1. The molecule has 0 saturated heterocycles. The lowest BCUT2D eigenvalue weighted by molar-refractivity contribution is 0.0758. The molecule has 0 unspecified atom stereocenters. The van der Waals surface area contributed by atoms with Crippen LogP contribution in [-0.2, 0) is 6.54 Å². The second kappa shape index (κ2) is 6.21. The van der Waals surface area contributed by atoms with Crippen molar-refractivity contribution in [3.05, 3.63) is 50.6 Å². The summed E-state index contributed by atoms with van der Waals surface area (Å²) < 4.78 is 0.964. The monoisotopic (exact) mass is 338 g/mol. The van der Waals surface area contributed by atoms with Gasteiger partial charge in [0.25, 0.3) is 5.91 Å². The van der Waals surface area contributed by atoms with Crippen molar-refractivity contribution in [3.8, 4) is 0 Å². The van der Waals surface area contributed by atoms with Crippen LogP contribution in [0.4, 0.5) is 5.69 Å². The number of carbonyl (C=O) groups excluding carboxylic acids is 1. The fourth-order valence-electron chi connectivity index (χ4n) is 1.80. The van der Waals surface area contributed by atoms with Gasteiger partial charge < -0.3 is 10.6 Å². The summed E-state index contributed by atoms with van der Waals surface area (Å²) in [6, 6.07) is 11.4. The van der Waals surface area contributed by atoms with Crippen LogP contribution in [0.2, 0.25) is 0 Å². The Hall–Kier alpha value is -1.33. The molecule has 0 fully saturated rings. The molecule has 0 atom stereocenters. The van der Waals surface area contributed by atoms with Crippen molar-refractivity contribution < 1.29 is 4.79 Å². The number of thiophene rings is 1. The van der Waals surface area contributed by atoms with E-state index < -0.39 is 0 Å². The van der Waals surface area contributed by atoms with E-state index in [0.29, 0.717) is 13.1 Å². The topological polar surface area (TPSA) is 46.3 Å². The maximum Gasteiger partial charge on any atom is 0.264 e. The van der Waals surface area contributed by atoms with Gasteiger partial charge in [-0.3, -0.25) is 4.79 Å². The number of carbonyl (C=O) groups is 1. The molecule has 3 nitrogen and oxygen atoms in total. The van der Waals surface area contributed by atoms with Gasteiger partial charge in [0.05, 0.1) is 8.66 Å². The summed E-state index contributed by atoms with van der Waals surface area (Å²) in [6.45, 7) is 3.17. The van der Waals surface area contributed by atoms with Gasteiger partial charge in [-0.25, -0.2) is 0 Å². The molecule has 100 valence electrons. The molecule has 2 N–H and O–H groups in total. The van der Waals surface area contributed by atoms with Crippen LogP contribution in [0, 0.1) is 0 Å². The van der Waals surface area contributed by atoms with Crippen LogP contribution < -0.4 is 5.73 Å². The largest absolute Gasteiger partial charge is 0.398 e. The Labute approximate surface area is 125 Å². The molecule has 0 aliphatic rings. The lowest BCUT2D eigenvalue weighted by Crippen LogP contribution is -2.30. The summed E-state index contributed by atoms with van der Waals surface area (Å²) >= 11 is 4.83. The highest BCUT2D eigenvalue weighted by molar-refractivity contribution is 9.11. The van der Waals surface area contributed by atoms with Gasteiger partial charge >= 0.3 is 0 Å². The number of benzene rings is 1. The van der Waals surface area contributed by atoms with Crippen LogP contribution in [-0.4, -0.2) is 17.4 Å². The molecular weight excluding hydrogens is 324 g/mol. The molecule has 1 heterocycles. The number of nitrogen functional groups attached to an aromatic ring is 1. The second-order valence-corrected chi connectivity index (χ2v) is 6.58. The Balaban J connectivity index is 2.17. The summed E-state index contributed by atoms with van der Waals surface area (Å²) in [5.74, 6) is 0.0430. The third-order valence-electron chi connectivity index (χ3n) is 2.87. The van der Waals surface area contributed by atoms with Crippen molar-refractivity contribution in [1.82, 2.24) is 4.90 Å². The third kappa shape index (κ3) is 3.36. The third-order valence-corrected chi connectivity index (χ3v) is 4.48. The molecule has 0 radical (unpaired) electrons. The standard InChI is InChI=1S/C14H15BrN2OS/c1-2-17(9-10-5-3-4-6-11(10)16)14(18)12-7-8-13(15)19-12/h3-8H,2,9,16H2,1H3. The van der Waals surface area contributed by atoms with Gasteiger partial charge in [0.2, 0.25) is 0 Å². The molecule has 19 heavy (non-hydrogen) atoms. The van der Waals surface area contributed by atoms with Crippen LogP contribution in [0.3, 0.4) is 0 Å². The molecule has 5 heteroatoms. The Morgan fingerprint density at radius 2 is 2.05 bits per heavy atom. The number of nitrogens with two attached hydrogens (primary N) is 1. The molecule has 1 aromatic heterocycles. The van der Waals surface area contributed by atoms with Gasteiger partial charge in [0.1, 0.15) is 0 Å². The molecular formula is C14H15BrN2OS. The Morgan fingerprint density at radius 3 is 2.63 bits per heavy atom. The van der Waals surface area contributed by atoms with Crippen LogP contribution in [0.5, 0.6) is 0 Å². The zero-order valence-corrected chi connectivity index (χ0v) is 13.0. The second-order valence-electron chi connectivity index (χ2n) is 4.12. The quantitative estimate of drug-likeness (QED) is 0.863. The van der Waals surface area contributed by atoms with Crippen molar-refractivity contribution in [2.45, 2.75) is 13.5 Å². The molecule has 0 bridgehead atoms. The zero-order valence-electron chi connectivity index (χ0n) is 10.6. The van der Waals surface area contributed by atoms with Crippen LogP contribution in [0.1, 0.15) is 22.2 Å². The van der Waals surface area contributed by atoms with E-state index in [4.69, 9.17) is 5.73 Å². The fourth-order valence-corrected chi connectivity index (χ4v) is 3.15. The first-order chi connectivity index (χ1) is 9.11. The van der Waals surface area contributed by atoms with Gasteiger partial charge in [-0.1, -0.05) is 18.2 Å².